The molecule has 1 aliphatic heterocycles. The Bertz CT molecular complexity index is 594. The highest BCUT2D eigenvalue weighted by atomic mass is 16.6. The first-order valence-electron chi connectivity index (χ1n) is 9.34. The number of carbonyl (C=O) groups excluding carboxylic acids is 2. The SMILES string of the molecule is CCCCCCCC=C(C)C(=O)N1C(=O)OC[C@H]1Cc1ccccc1. The van der Waals surface area contributed by atoms with Crippen molar-refractivity contribution in [3.8, 4) is 0 Å². The second-order valence-electron chi connectivity index (χ2n) is 6.69. The average Bonchev–Trinajstić information content (AvgIpc) is 2.98. The number of amides is 2. The molecule has 2 amide bonds. The largest absolute Gasteiger partial charge is 0.447 e. The Labute approximate surface area is 150 Å². The van der Waals surface area contributed by atoms with Crippen molar-refractivity contribution in [1.29, 1.82) is 0 Å². The minimum absolute atomic E-state index is 0.225. The third-order valence-electron chi connectivity index (χ3n) is 4.59. The van der Waals surface area contributed by atoms with Crippen LogP contribution < -0.4 is 0 Å². The van der Waals surface area contributed by atoms with Crippen LogP contribution >= 0.6 is 0 Å². The molecule has 4 nitrogen and oxygen atoms in total. The fourth-order valence-corrected chi connectivity index (χ4v) is 3.09. The summed E-state index contributed by atoms with van der Waals surface area (Å²) in [6.45, 7) is 4.26. The highest BCUT2D eigenvalue weighted by Crippen LogP contribution is 2.20. The summed E-state index contributed by atoms with van der Waals surface area (Å²) in [5.74, 6) is -0.225. The first-order chi connectivity index (χ1) is 12.1. The third kappa shape index (κ3) is 5.73. The highest BCUT2D eigenvalue weighted by molar-refractivity contribution is 6.03. The minimum Gasteiger partial charge on any atom is -0.447 e. The maximum absolute atomic E-state index is 12.7. The van der Waals surface area contributed by atoms with Crippen LogP contribution in [0.15, 0.2) is 42.0 Å². The number of carbonyl (C=O) groups is 2. The Morgan fingerprint density at radius 3 is 2.64 bits per heavy atom. The summed E-state index contributed by atoms with van der Waals surface area (Å²) in [7, 11) is 0. The standard InChI is InChI=1S/C21H29NO3/c1-3-4-5-6-7-9-12-17(2)20(23)22-19(16-25-21(22)24)15-18-13-10-8-11-14-18/h8,10-14,19H,3-7,9,15-16H2,1-2H3/t19-/m1/s1. The number of hydrogen-bond donors (Lipinski definition) is 0. The van der Waals surface area contributed by atoms with Crippen LogP contribution in [0.5, 0.6) is 0 Å². The highest BCUT2D eigenvalue weighted by Gasteiger charge is 2.38. The lowest BCUT2D eigenvalue weighted by atomic mass is 10.0. The van der Waals surface area contributed by atoms with E-state index in [4.69, 9.17) is 4.74 Å². The van der Waals surface area contributed by atoms with Crippen molar-refractivity contribution in [3.05, 3.63) is 47.5 Å². The van der Waals surface area contributed by atoms with E-state index in [0.717, 1.165) is 18.4 Å². The Morgan fingerprint density at radius 2 is 1.92 bits per heavy atom. The van der Waals surface area contributed by atoms with Gasteiger partial charge in [-0.1, -0.05) is 69.0 Å². The van der Waals surface area contributed by atoms with Crippen LogP contribution in [0.1, 0.15) is 57.9 Å². The van der Waals surface area contributed by atoms with Crippen LogP contribution in [0.2, 0.25) is 0 Å². The van der Waals surface area contributed by atoms with E-state index in [0.29, 0.717) is 12.0 Å². The molecule has 4 heteroatoms. The smallest absolute Gasteiger partial charge is 0.417 e. The summed E-state index contributed by atoms with van der Waals surface area (Å²) in [6, 6.07) is 9.66. The zero-order valence-corrected chi connectivity index (χ0v) is 15.4. The number of rotatable bonds is 9. The van der Waals surface area contributed by atoms with Gasteiger partial charge in [0.15, 0.2) is 0 Å². The number of benzene rings is 1. The molecule has 0 aliphatic carbocycles. The van der Waals surface area contributed by atoms with Crippen molar-refractivity contribution in [2.24, 2.45) is 0 Å². The fraction of sp³-hybridized carbons (Fsp3) is 0.524. The van der Waals surface area contributed by atoms with E-state index in [1.165, 1.54) is 30.6 Å². The monoisotopic (exact) mass is 343 g/mol. The Kier molecular flexibility index (Phi) is 7.71. The van der Waals surface area contributed by atoms with Gasteiger partial charge in [-0.15, -0.1) is 0 Å². The molecule has 0 radical (unpaired) electrons. The molecule has 1 aromatic carbocycles. The molecule has 136 valence electrons. The van der Waals surface area contributed by atoms with Crippen molar-refractivity contribution >= 4 is 12.0 Å². The summed E-state index contributed by atoms with van der Waals surface area (Å²) < 4.78 is 5.13. The van der Waals surface area contributed by atoms with Gasteiger partial charge in [-0.3, -0.25) is 4.79 Å². The molecule has 0 bridgehead atoms. The zero-order chi connectivity index (χ0) is 18.1. The first kappa shape index (κ1) is 19.2. The first-order valence-corrected chi connectivity index (χ1v) is 9.34. The average molecular weight is 343 g/mol. The molecule has 1 aliphatic rings. The van der Waals surface area contributed by atoms with Crippen LogP contribution in [0.4, 0.5) is 4.79 Å². The van der Waals surface area contributed by atoms with E-state index in [2.05, 4.69) is 6.92 Å². The van der Waals surface area contributed by atoms with Crippen molar-refractivity contribution in [2.75, 3.05) is 6.61 Å². The number of imide groups is 1. The Hall–Kier alpha value is -2.10. The van der Waals surface area contributed by atoms with Gasteiger partial charge in [-0.2, -0.15) is 0 Å². The van der Waals surface area contributed by atoms with Crippen molar-refractivity contribution in [1.82, 2.24) is 4.90 Å². The van der Waals surface area contributed by atoms with E-state index >= 15 is 0 Å². The van der Waals surface area contributed by atoms with E-state index in [1.807, 2.05) is 36.4 Å². The van der Waals surface area contributed by atoms with Gasteiger partial charge in [0, 0.05) is 5.57 Å². The molecule has 0 saturated carbocycles. The van der Waals surface area contributed by atoms with Crippen molar-refractivity contribution in [3.63, 3.8) is 0 Å². The van der Waals surface area contributed by atoms with Crippen LogP contribution in [0, 0.1) is 0 Å². The number of hydrogen-bond acceptors (Lipinski definition) is 3. The van der Waals surface area contributed by atoms with Gasteiger partial charge in [0.1, 0.15) is 6.61 Å². The number of nitrogens with zero attached hydrogens (tertiary/aromatic N) is 1. The Morgan fingerprint density at radius 1 is 1.20 bits per heavy atom. The van der Waals surface area contributed by atoms with E-state index in [1.54, 1.807) is 6.92 Å². The van der Waals surface area contributed by atoms with Gasteiger partial charge in [0.25, 0.3) is 5.91 Å². The van der Waals surface area contributed by atoms with Gasteiger partial charge in [-0.05, 0) is 31.7 Å². The van der Waals surface area contributed by atoms with Crippen LogP contribution in [-0.4, -0.2) is 29.5 Å². The summed E-state index contributed by atoms with van der Waals surface area (Å²) in [4.78, 5) is 26.0. The van der Waals surface area contributed by atoms with Gasteiger partial charge < -0.3 is 4.74 Å². The number of allylic oxidation sites excluding steroid dienone is 1. The quantitative estimate of drug-likeness (QED) is 0.474. The van der Waals surface area contributed by atoms with Crippen LogP contribution in [0.3, 0.4) is 0 Å². The van der Waals surface area contributed by atoms with Crippen molar-refractivity contribution in [2.45, 2.75) is 64.8 Å². The molecule has 0 N–H and O–H groups in total. The van der Waals surface area contributed by atoms with Gasteiger partial charge in [0.05, 0.1) is 6.04 Å². The molecule has 1 atom stereocenters. The number of unbranched alkanes of at least 4 members (excludes halogenated alkanes) is 5. The summed E-state index contributed by atoms with van der Waals surface area (Å²) in [6.07, 6.45) is 8.96. The molecule has 1 saturated heterocycles. The maximum atomic E-state index is 12.7. The predicted molar refractivity (Wildman–Crippen MR) is 99.3 cm³/mol. The number of ether oxygens (including phenoxy) is 1. The second kappa shape index (κ2) is 10.0. The van der Waals surface area contributed by atoms with E-state index in [9.17, 15) is 9.59 Å². The topological polar surface area (TPSA) is 46.6 Å². The van der Waals surface area contributed by atoms with Crippen molar-refractivity contribution < 1.29 is 14.3 Å². The number of cyclic esters (lactones) is 1. The summed E-state index contributed by atoms with van der Waals surface area (Å²) in [5.41, 5.74) is 1.73. The van der Waals surface area contributed by atoms with Crippen LogP contribution in [-0.2, 0) is 16.0 Å². The maximum Gasteiger partial charge on any atom is 0.417 e. The molecular weight excluding hydrogens is 314 g/mol. The summed E-state index contributed by atoms with van der Waals surface area (Å²) >= 11 is 0. The predicted octanol–water partition coefficient (Wildman–Crippen LogP) is 4.88. The molecule has 2 rings (SSSR count). The lowest BCUT2D eigenvalue weighted by Gasteiger charge is -2.20. The molecule has 25 heavy (non-hydrogen) atoms. The Balaban J connectivity index is 1.91. The molecule has 0 aromatic heterocycles. The third-order valence-corrected chi connectivity index (χ3v) is 4.59. The normalized spacial score (nSPS) is 17.7. The zero-order valence-electron chi connectivity index (χ0n) is 15.4. The molecular formula is C21H29NO3. The molecule has 1 aromatic rings. The molecule has 1 heterocycles. The minimum atomic E-state index is -0.526. The van der Waals surface area contributed by atoms with Gasteiger partial charge in [-0.25, -0.2) is 9.69 Å². The molecule has 0 unspecified atom stereocenters. The lowest BCUT2D eigenvalue weighted by Crippen LogP contribution is -2.40. The van der Waals surface area contributed by atoms with E-state index < -0.39 is 6.09 Å². The molecule has 0 spiro atoms. The van der Waals surface area contributed by atoms with Crippen LogP contribution in [0.25, 0.3) is 0 Å². The van der Waals surface area contributed by atoms with E-state index in [-0.39, 0.29) is 18.6 Å². The second-order valence-corrected chi connectivity index (χ2v) is 6.69. The molecule has 1 fully saturated rings. The van der Waals surface area contributed by atoms with Gasteiger partial charge >= 0.3 is 6.09 Å². The lowest BCUT2D eigenvalue weighted by molar-refractivity contribution is -0.125. The van der Waals surface area contributed by atoms with Gasteiger partial charge in [0.2, 0.25) is 0 Å². The summed E-state index contributed by atoms with van der Waals surface area (Å²) in [5, 5.41) is 0. The fourth-order valence-electron chi connectivity index (χ4n) is 3.09.